The van der Waals surface area contributed by atoms with Gasteiger partial charge in [-0.3, -0.25) is 9.36 Å². The van der Waals surface area contributed by atoms with Crippen LogP contribution in [0, 0.1) is 0 Å². The third-order valence-electron chi connectivity index (χ3n) is 5.38. The number of fused-ring (bicyclic) bond motifs is 2. The summed E-state index contributed by atoms with van der Waals surface area (Å²) in [5.41, 5.74) is -1.37. The molecule has 0 aromatic heterocycles. The first kappa shape index (κ1) is 23.4. The number of ether oxygens (including phenoxy) is 2. The van der Waals surface area contributed by atoms with Gasteiger partial charge in [-0.05, 0) is 39.2 Å². The predicted octanol–water partition coefficient (Wildman–Crippen LogP) is 4.40. The zero-order chi connectivity index (χ0) is 24.3. The molecule has 3 N–H and O–H groups in total. The van der Waals surface area contributed by atoms with Crippen LogP contribution in [-0.4, -0.2) is 35.4 Å². The number of carbonyl (C=O) groups is 2. The second kappa shape index (κ2) is 9.65. The molecule has 0 fully saturated rings. The van der Waals surface area contributed by atoms with E-state index < -0.39 is 31.7 Å². The van der Waals surface area contributed by atoms with Crippen LogP contribution in [0.15, 0.2) is 78.9 Å². The number of nitrogens with one attached hydrogen (secondary N) is 1. The normalized spacial score (nSPS) is 12.3. The summed E-state index contributed by atoms with van der Waals surface area (Å²) in [4.78, 5) is 45.2. The van der Waals surface area contributed by atoms with Gasteiger partial charge in [0.2, 0.25) is 5.91 Å². The summed E-state index contributed by atoms with van der Waals surface area (Å²) in [7, 11) is -3.70. The van der Waals surface area contributed by atoms with Crippen LogP contribution in [-0.2, 0) is 18.9 Å². The van der Waals surface area contributed by atoms with E-state index in [0.29, 0.717) is 5.39 Å². The minimum absolute atomic E-state index is 0.167. The summed E-state index contributed by atoms with van der Waals surface area (Å²) in [6.45, 7) is -0.400. The third kappa shape index (κ3) is 4.94. The number of carbonyl (C=O) groups excluding carboxylic acids is 2. The molecule has 174 valence electrons. The Morgan fingerprint density at radius 2 is 1.53 bits per heavy atom. The predicted molar refractivity (Wildman–Crippen MR) is 129 cm³/mol. The van der Waals surface area contributed by atoms with Gasteiger partial charge >= 0.3 is 13.6 Å². The molecule has 0 bridgehead atoms. The summed E-state index contributed by atoms with van der Waals surface area (Å²) in [6.07, 6.45) is 0. The van der Waals surface area contributed by atoms with Crippen molar-refractivity contribution in [3.63, 3.8) is 0 Å². The molecular weight excluding hydrogens is 457 g/mol. The van der Waals surface area contributed by atoms with Crippen molar-refractivity contribution in [2.45, 2.75) is 5.66 Å². The van der Waals surface area contributed by atoms with Gasteiger partial charge in [0, 0.05) is 0 Å². The van der Waals surface area contributed by atoms with E-state index in [1.807, 2.05) is 24.3 Å². The molecule has 0 aliphatic carbocycles. The molecule has 0 heterocycles. The van der Waals surface area contributed by atoms with Crippen LogP contribution in [0.4, 0.5) is 5.69 Å². The van der Waals surface area contributed by atoms with E-state index in [2.05, 4.69) is 10.1 Å². The first-order chi connectivity index (χ1) is 16.3. The Balaban J connectivity index is 1.76. The van der Waals surface area contributed by atoms with Crippen LogP contribution in [0.3, 0.4) is 0 Å². The number of benzene rings is 4. The van der Waals surface area contributed by atoms with E-state index in [1.165, 1.54) is 13.2 Å². The maximum Gasteiger partial charge on any atom is 0.343 e. The molecule has 0 spiro atoms. The highest BCUT2D eigenvalue weighted by atomic mass is 31.2. The second-order valence-corrected chi connectivity index (χ2v) is 9.30. The van der Waals surface area contributed by atoms with E-state index in [4.69, 9.17) is 4.74 Å². The zero-order valence-electron chi connectivity index (χ0n) is 18.2. The first-order valence-corrected chi connectivity index (χ1v) is 12.0. The van der Waals surface area contributed by atoms with Crippen molar-refractivity contribution in [2.24, 2.45) is 0 Å². The van der Waals surface area contributed by atoms with Gasteiger partial charge in [0.25, 0.3) is 0 Å². The van der Waals surface area contributed by atoms with Gasteiger partial charge in [-0.2, -0.15) is 0 Å². The van der Waals surface area contributed by atoms with E-state index >= 15 is 0 Å². The van der Waals surface area contributed by atoms with E-state index in [9.17, 15) is 23.9 Å². The molecule has 0 radical (unpaired) electrons. The van der Waals surface area contributed by atoms with Crippen molar-refractivity contribution in [3.05, 3.63) is 84.4 Å². The standard InChI is InChI=1S/C25H22NO7P/c1-32-23(27)15-33-22-14-18-9-3-2-8-17(18)13-21(22)26-25(28)24(34(29,30)31)20-12-6-10-16-7-4-5-11-19(16)20/h2-14,24H,15H2,1H3,(H,26,28)(H2,29,30,31). The molecule has 4 aromatic carbocycles. The molecule has 9 heteroatoms. The molecule has 4 aromatic rings. The number of rotatable bonds is 7. The van der Waals surface area contributed by atoms with Crippen molar-refractivity contribution in [1.29, 1.82) is 0 Å². The number of hydrogen-bond acceptors (Lipinski definition) is 5. The molecule has 34 heavy (non-hydrogen) atoms. The van der Waals surface area contributed by atoms with Crippen LogP contribution in [0.1, 0.15) is 11.2 Å². The molecule has 0 saturated heterocycles. The number of amides is 1. The van der Waals surface area contributed by atoms with Gasteiger partial charge in [-0.25, -0.2) is 4.79 Å². The van der Waals surface area contributed by atoms with Crippen LogP contribution in [0.5, 0.6) is 5.75 Å². The smallest absolute Gasteiger partial charge is 0.343 e. The Morgan fingerprint density at radius 3 is 2.21 bits per heavy atom. The highest BCUT2D eigenvalue weighted by Crippen LogP contribution is 2.53. The van der Waals surface area contributed by atoms with Gasteiger partial charge in [0.1, 0.15) is 5.75 Å². The topological polar surface area (TPSA) is 122 Å². The van der Waals surface area contributed by atoms with Crippen LogP contribution in [0.2, 0.25) is 0 Å². The third-order valence-corrected chi connectivity index (χ3v) is 6.57. The van der Waals surface area contributed by atoms with Crippen molar-refractivity contribution >= 4 is 46.7 Å². The summed E-state index contributed by atoms with van der Waals surface area (Å²) in [5.74, 6) is -1.35. The Morgan fingerprint density at radius 1 is 0.912 bits per heavy atom. The Labute approximate surface area is 195 Å². The van der Waals surface area contributed by atoms with Crippen molar-refractivity contribution in [3.8, 4) is 5.75 Å². The molecule has 0 saturated carbocycles. The Bertz CT molecular complexity index is 1420. The largest absolute Gasteiger partial charge is 0.480 e. The number of hydrogen-bond donors (Lipinski definition) is 3. The maximum atomic E-state index is 13.3. The summed E-state index contributed by atoms with van der Waals surface area (Å²) < 4.78 is 22.7. The Hall–Kier alpha value is -3.71. The van der Waals surface area contributed by atoms with Gasteiger partial charge in [0.15, 0.2) is 12.3 Å². The maximum absolute atomic E-state index is 13.3. The average molecular weight is 479 g/mol. The van der Waals surface area contributed by atoms with E-state index in [-0.39, 0.29) is 17.0 Å². The first-order valence-electron chi connectivity index (χ1n) is 10.3. The molecule has 4 rings (SSSR count). The lowest BCUT2D eigenvalue weighted by Crippen LogP contribution is -2.22. The van der Waals surface area contributed by atoms with Crippen LogP contribution >= 0.6 is 7.60 Å². The lowest BCUT2D eigenvalue weighted by atomic mass is 10.0. The average Bonchev–Trinajstić information content (AvgIpc) is 2.82. The summed E-state index contributed by atoms with van der Waals surface area (Å²) >= 11 is 0. The van der Waals surface area contributed by atoms with Crippen molar-refractivity contribution < 1.29 is 33.4 Å². The van der Waals surface area contributed by atoms with Crippen LogP contribution in [0.25, 0.3) is 21.5 Å². The molecule has 0 aliphatic rings. The SMILES string of the molecule is COC(=O)COc1cc2ccccc2cc1NC(=O)C(c1cccc2ccccc12)P(=O)(O)O. The zero-order valence-corrected chi connectivity index (χ0v) is 19.1. The van der Waals surface area contributed by atoms with Crippen molar-refractivity contribution in [1.82, 2.24) is 0 Å². The molecule has 8 nitrogen and oxygen atoms in total. The fourth-order valence-electron chi connectivity index (χ4n) is 3.80. The van der Waals surface area contributed by atoms with E-state index in [0.717, 1.165) is 16.2 Å². The molecule has 1 unspecified atom stereocenters. The minimum atomic E-state index is -4.92. The fraction of sp³-hybridized carbons (Fsp3) is 0.120. The lowest BCUT2D eigenvalue weighted by Gasteiger charge is -2.21. The molecule has 1 atom stereocenters. The van der Waals surface area contributed by atoms with Gasteiger partial charge in [-0.1, -0.05) is 66.7 Å². The quantitative estimate of drug-likeness (QED) is 0.265. The summed E-state index contributed by atoms with van der Waals surface area (Å²) in [5, 5.41) is 5.48. The lowest BCUT2D eigenvalue weighted by molar-refractivity contribution is -0.142. The number of methoxy groups -OCH3 is 1. The van der Waals surface area contributed by atoms with Gasteiger partial charge in [0.05, 0.1) is 12.8 Å². The number of anilines is 1. The highest BCUT2D eigenvalue weighted by molar-refractivity contribution is 7.53. The molecule has 1 amide bonds. The monoisotopic (exact) mass is 479 g/mol. The minimum Gasteiger partial charge on any atom is -0.480 e. The van der Waals surface area contributed by atoms with Crippen LogP contribution < -0.4 is 10.1 Å². The second-order valence-electron chi connectivity index (χ2n) is 7.61. The molecular formula is C25H22NO7P. The highest BCUT2D eigenvalue weighted by Gasteiger charge is 2.38. The van der Waals surface area contributed by atoms with Gasteiger partial charge in [-0.15, -0.1) is 0 Å². The van der Waals surface area contributed by atoms with Crippen molar-refractivity contribution in [2.75, 3.05) is 19.0 Å². The van der Waals surface area contributed by atoms with E-state index in [1.54, 1.807) is 48.5 Å². The Kier molecular flexibility index (Phi) is 6.65. The molecule has 0 aliphatic heterocycles. The number of esters is 1. The van der Waals surface area contributed by atoms with Gasteiger partial charge < -0.3 is 24.6 Å². The fourth-order valence-corrected chi connectivity index (χ4v) is 4.75. The summed E-state index contributed by atoms with van der Waals surface area (Å²) in [6, 6.07) is 22.6.